The van der Waals surface area contributed by atoms with Crippen molar-refractivity contribution in [2.24, 2.45) is 0 Å². The van der Waals surface area contributed by atoms with Crippen molar-refractivity contribution in [3.05, 3.63) is 71.4 Å². The number of amides is 2. The van der Waals surface area contributed by atoms with Gasteiger partial charge in [0.25, 0.3) is 0 Å². The Kier molecular flexibility index (Phi) is 6.67. The molecule has 150 valence electrons. The summed E-state index contributed by atoms with van der Waals surface area (Å²) in [4.78, 5) is 24.5. The van der Waals surface area contributed by atoms with Crippen molar-refractivity contribution >= 4 is 23.4 Å². The van der Waals surface area contributed by atoms with E-state index in [4.69, 9.17) is 16.7 Å². The Morgan fingerprint density at radius 1 is 1.10 bits per heavy atom. The van der Waals surface area contributed by atoms with Gasteiger partial charge in [0, 0.05) is 28.9 Å². The van der Waals surface area contributed by atoms with E-state index in [0.29, 0.717) is 17.3 Å². The highest BCUT2D eigenvalue weighted by Crippen LogP contribution is 2.25. The van der Waals surface area contributed by atoms with Gasteiger partial charge >= 0.3 is 0 Å². The zero-order valence-corrected chi connectivity index (χ0v) is 17.1. The average Bonchev–Trinajstić information content (AvgIpc) is 3.13. The summed E-state index contributed by atoms with van der Waals surface area (Å²) in [5.74, 6) is -0.453. The van der Waals surface area contributed by atoms with Gasteiger partial charge in [0.1, 0.15) is 6.04 Å². The Morgan fingerprint density at radius 3 is 2.45 bits per heavy atom. The van der Waals surface area contributed by atoms with Gasteiger partial charge in [0.15, 0.2) is 0 Å². The van der Waals surface area contributed by atoms with Gasteiger partial charge < -0.3 is 10.6 Å². The molecular formula is C22H23ClN4O2. The highest BCUT2D eigenvalue weighted by molar-refractivity contribution is 6.30. The Balaban J connectivity index is 1.88. The van der Waals surface area contributed by atoms with Gasteiger partial charge in [-0.05, 0) is 38.1 Å². The van der Waals surface area contributed by atoms with Crippen LogP contribution in [0.5, 0.6) is 0 Å². The van der Waals surface area contributed by atoms with E-state index in [1.165, 1.54) is 0 Å². The van der Waals surface area contributed by atoms with Gasteiger partial charge in [-0.1, -0.05) is 41.9 Å². The molecule has 7 heteroatoms. The number of hydrogen-bond acceptors (Lipinski definition) is 3. The second kappa shape index (κ2) is 9.39. The number of benzene rings is 2. The lowest BCUT2D eigenvalue weighted by Gasteiger charge is -2.13. The lowest BCUT2D eigenvalue weighted by Crippen LogP contribution is -2.45. The van der Waals surface area contributed by atoms with Crippen LogP contribution in [0, 0.1) is 0 Å². The maximum absolute atomic E-state index is 12.6. The smallest absolute Gasteiger partial charge is 0.242 e. The largest absolute Gasteiger partial charge is 0.355 e. The average molecular weight is 411 g/mol. The number of aromatic nitrogens is 2. The maximum Gasteiger partial charge on any atom is 0.242 e. The first-order chi connectivity index (χ1) is 14.0. The quantitative estimate of drug-likeness (QED) is 0.627. The summed E-state index contributed by atoms with van der Waals surface area (Å²) in [6, 6.07) is 16.4. The van der Waals surface area contributed by atoms with Crippen LogP contribution in [0.1, 0.15) is 19.4 Å². The lowest BCUT2D eigenvalue weighted by molar-refractivity contribution is -0.128. The third-order valence-corrected chi connectivity index (χ3v) is 4.65. The summed E-state index contributed by atoms with van der Waals surface area (Å²) in [5, 5.41) is 10.8. The number of rotatable bonds is 7. The number of likely N-dealkylation sites (N-methyl/N-ethyl adjacent to an activating group) is 1. The van der Waals surface area contributed by atoms with E-state index in [1.807, 2.05) is 55.6 Å². The minimum absolute atomic E-state index is 0.106. The number of para-hydroxylation sites is 1. The standard InChI is InChI=1S/C22H23ClN4O2/c1-3-24-22(29)15(2)25-20(28)13-17-14-27(19-7-5-4-6-8-19)26-21(17)16-9-11-18(23)12-10-16/h4-12,14-15H,3,13H2,1-2H3,(H,24,29)(H,25,28)/t15-/m1/s1. The maximum atomic E-state index is 12.6. The van der Waals surface area contributed by atoms with Crippen molar-refractivity contribution in [1.29, 1.82) is 0 Å². The minimum Gasteiger partial charge on any atom is -0.355 e. The molecule has 0 unspecified atom stereocenters. The third kappa shape index (κ3) is 5.23. The van der Waals surface area contributed by atoms with Crippen molar-refractivity contribution in [2.75, 3.05) is 6.54 Å². The van der Waals surface area contributed by atoms with Crippen molar-refractivity contribution in [2.45, 2.75) is 26.3 Å². The highest BCUT2D eigenvalue weighted by atomic mass is 35.5. The second-order valence-electron chi connectivity index (χ2n) is 6.65. The van der Waals surface area contributed by atoms with Gasteiger partial charge in [0.2, 0.25) is 11.8 Å². The van der Waals surface area contributed by atoms with Crippen LogP contribution in [-0.4, -0.2) is 34.2 Å². The molecule has 0 aliphatic heterocycles. The number of carbonyl (C=O) groups excluding carboxylic acids is 2. The van der Waals surface area contributed by atoms with Crippen LogP contribution in [0.3, 0.4) is 0 Å². The Morgan fingerprint density at radius 2 is 1.79 bits per heavy atom. The van der Waals surface area contributed by atoms with Gasteiger partial charge in [-0.25, -0.2) is 4.68 Å². The van der Waals surface area contributed by atoms with Crippen LogP contribution in [0.15, 0.2) is 60.8 Å². The minimum atomic E-state index is -0.606. The zero-order chi connectivity index (χ0) is 20.8. The summed E-state index contributed by atoms with van der Waals surface area (Å²) >= 11 is 6.01. The molecule has 0 aliphatic rings. The van der Waals surface area contributed by atoms with Crippen molar-refractivity contribution in [3.63, 3.8) is 0 Å². The predicted molar refractivity (Wildman–Crippen MR) is 114 cm³/mol. The number of carbonyl (C=O) groups is 2. The van der Waals surface area contributed by atoms with Crippen LogP contribution in [0.2, 0.25) is 5.02 Å². The monoisotopic (exact) mass is 410 g/mol. The molecule has 0 spiro atoms. The Labute approximate surface area is 174 Å². The molecule has 0 saturated carbocycles. The normalized spacial score (nSPS) is 11.7. The van der Waals surface area contributed by atoms with Crippen molar-refractivity contribution in [1.82, 2.24) is 20.4 Å². The summed E-state index contributed by atoms with van der Waals surface area (Å²) in [6.07, 6.45) is 1.95. The molecule has 1 atom stereocenters. The molecule has 29 heavy (non-hydrogen) atoms. The molecule has 2 amide bonds. The molecule has 0 aliphatic carbocycles. The molecule has 3 rings (SSSR count). The predicted octanol–water partition coefficient (Wildman–Crippen LogP) is 3.38. The molecular weight excluding hydrogens is 388 g/mol. The molecule has 1 aromatic heterocycles. The van der Waals surface area contributed by atoms with Gasteiger partial charge in [0.05, 0.1) is 17.8 Å². The fraction of sp³-hybridized carbons (Fsp3) is 0.227. The van der Waals surface area contributed by atoms with Crippen molar-refractivity contribution in [3.8, 4) is 16.9 Å². The molecule has 0 saturated heterocycles. The third-order valence-electron chi connectivity index (χ3n) is 4.40. The van der Waals surface area contributed by atoms with Crippen molar-refractivity contribution < 1.29 is 9.59 Å². The number of hydrogen-bond donors (Lipinski definition) is 2. The number of halogens is 1. The second-order valence-corrected chi connectivity index (χ2v) is 7.09. The molecule has 2 N–H and O–H groups in total. The van der Waals surface area contributed by atoms with E-state index >= 15 is 0 Å². The van der Waals surface area contributed by atoms with E-state index in [1.54, 1.807) is 23.7 Å². The van der Waals surface area contributed by atoms with Crippen LogP contribution in [0.25, 0.3) is 16.9 Å². The Hall–Kier alpha value is -3.12. The van der Waals surface area contributed by atoms with Crippen LogP contribution >= 0.6 is 11.6 Å². The van der Waals surface area contributed by atoms with Crippen LogP contribution < -0.4 is 10.6 Å². The summed E-state index contributed by atoms with van der Waals surface area (Å²) in [7, 11) is 0. The first-order valence-corrected chi connectivity index (χ1v) is 9.82. The molecule has 0 bridgehead atoms. The Bertz CT molecular complexity index is 984. The summed E-state index contributed by atoms with van der Waals surface area (Å²) in [5.41, 5.74) is 3.22. The fourth-order valence-corrected chi connectivity index (χ4v) is 3.09. The summed E-state index contributed by atoms with van der Waals surface area (Å²) in [6.45, 7) is 4.02. The van der Waals surface area contributed by atoms with E-state index in [-0.39, 0.29) is 18.2 Å². The van der Waals surface area contributed by atoms with E-state index in [2.05, 4.69) is 10.6 Å². The van der Waals surface area contributed by atoms with E-state index < -0.39 is 6.04 Å². The van der Waals surface area contributed by atoms with Crippen LogP contribution in [0.4, 0.5) is 0 Å². The zero-order valence-electron chi connectivity index (χ0n) is 16.4. The van der Waals surface area contributed by atoms with E-state index in [9.17, 15) is 9.59 Å². The molecule has 6 nitrogen and oxygen atoms in total. The number of nitrogens with one attached hydrogen (secondary N) is 2. The first-order valence-electron chi connectivity index (χ1n) is 9.45. The summed E-state index contributed by atoms with van der Waals surface area (Å²) < 4.78 is 1.75. The van der Waals surface area contributed by atoms with Gasteiger partial charge in [-0.2, -0.15) is 5.10 Å². The highest BCUT2D eigenvalue weighted by Gasteiger charge is 2.19. The first kappa shape index (κ1) is 20.6. The molecule has 2 aromatic carbocycles. The lowest BCUT2D eigenvalue weighted by atomic mass is 10.1. The van der Waals surface area contributed by atoms with Gasteiger partial charge in [-0.3, -0.25) is 9.59 Å². The molecule has 0 radical (unpaired) electrons. The van der Waals surface area contributed by atoms with E-state index in [0.717, 1.165) is 16.8 Å². The van der Waals surface area contributed by atoms with Gasteiger partial charge in [-0.15, -0.1) is 0 Å². The van der Waals surface area contributed by atoms with Crippen LogP contribution in [-0.2, 0) is 16.0 Å². The fourth-order valence-electron chi connectivity index (χ4n) is 2.96. The molecule has 0 fully saturated rings. The molecule has 1 heterocycles. The number of nitrogens with zero attached hydrogens (tertiary/aromatic N) is 2. The SMILES string of the molecule is CCNC(=O)[C@@H](C)NC(=O)Cc1cn(-c2ccccc2)nc1-c1ccc(Cl)cc1. The molecule has 3 aromatic rings. The topological polar surface area (TPSA) is 76.0 Å².